The van der Waals surface area contributed by atoms with Gasteiger partial charge < -0.3 is 5.32 Å². The van der Waals surface area contributed by atoms with Gasteiger partial charge in [0.05, 0.1) is 28.0 Å². The van der Waals surface area contributed by atoms with Crippen LogP contribution in [-0.2, 0) is 10.0 Å². The van der Waals surface area contributed by atoms with E-state index in [4.69, 9.17) is 0 Å². The molecule has 1 aromatic heterocycles. The zero-order chi connectivity index (χ0) is 24.5. The third-order valence-electron chi connectivity index (χ3n) is 5.48. The number of anilines is 2. The van der Waals surface area contributed by atoms with Gasteiger partial charge in [-0.2, -0.15) is 5.10 Å². The number of hydrogen-bond acceptors (Lipinski definition) is 4. The monoisotopic (exact) mass is 478 g/mol. The lowest BCUT2D eigenvalue weighted by Gasteiger charge is -2.13. The van der Waals surface area contributed by atoms with Crippen LogP contribution in [0.4, 0.5) is 15.8 Å². The molecule has 1 heterocycles. The van der Waals surface area contributed by atoms with Gasteiger partial charge in [0.1, 0.15) is 11.5 Å². The van der Waals surface area contributed by atoms with Gasteiger partial charge in [-0.05, 0) is 68.3 Å². The highest BCUT2D eigenvalue weighted by Crippen LogP contribution is 2.24. The second-order valence-corrected chi connectivity index (χ2v) is 9.54. The number of rotatable bonds is 6. The van der Waals surface area contributed by atoms with Crippen molar-refractivity contribution in [3.63, 3.8) is 0 Å². The summed E-state index contributed by atoms with van der Waals surface area (Å²) in [4.78, 5) is 12.8. The minimum atomic E-state index is -3.81. The van der Waals surface area contributed by atoms with Crippen molar-refractivity contribution in [3.05, 3.63) is 101 Å². The zero-order valence-electron chi connectivity index (χ0n) is 18.8. The van der Waals surface area contributed by atoms with Crippen LogP contribution < -0.4 is 10.0 Å². The van der Waals surface area contributed by atoms with Crippen LogP contribution >= 0.6 is 0 Å². The summed E-state index contributed by atoms with van der Waals surface area (Å²) in [6.45, 7) is 5.34. The van der Waals surface area contributed by atoms with Crippen molar-refractivity contribution in [3.8, 4) is 5.69 Å². The van der Waals surface area contributed by atoms with Crippen LogP contribution in [0.25, 0.3) is 5.69 Å². The highest BCUT2D eigenvalue weighted by atomic mass is 32.2. The molecule has 4 aromatic rings. The van der Waals surface area contributed by atoms with E-state index in [9.17, 15) is 17.6 Å². The molecule has 0 saturated heterocycles. The van der Waals surface area contributed by atoms with E-state index in [0.717, 1.165) is 11.1 Å². The van der Waals surface area contributed by atoms with Gasteiger partial charge in [-0.1, -0.05) is 30.3 Å². The number of hydrogen-bond donors (Lipinski definition) is 2. The summed E-state index contributed by atoms with van der Waals surface area (Å²) in [5.41, 5.74) is 3.58. The molecule has 0 bridgehead atoms. The number of carbonyl (C=O) groups is 1. The number of benzene rings is 3. The molecule has 0 aliphatic rings. The van der Waals surface area contributed by atoms with E-state index in [1.54, 1.807) is 25.1 Å². The summed E-state index contributed by atoms with van der Waals surface area (Å²) in [6.07, 6.45) is 1.37. The molecule has 2 N–H and O–H groups in total. The Hall–Kier alpha value is -3.98. The Balaban J connectivity index is 1.51. The first-order valence-electron chi connectivity index (χ1n) is 10.5. The van der Waals surface area contributed by atoms with Crippen molar-refractivity contribution in [2.75, 3.05) is 10.0 Å². The molecule has 4 rings (SSSR count). The summed E-state index contributed by atoms with van der Waals surface area (Å²) in [5.74, 6) is -0.892. The molecule has 7 nitrogen and oxygen atoms in total. The Labute approximate surface area is 197 Å². The molecular formula is C25H23FN4O3S. The van der Waals surface area contributed by atoms with Crippen molar-refractivity contribution in [1.82, 2.24) is 9.78 Å². The van der Waals surface area contributed by atoms with Gasteiger partial charge in [0.25, 0.3) is 15.9 Å². The molecule has 0 radical (unpaired) electrons. The first-order valence-corrected chi connectivity index (χ1v) is 12.0. The van der Waals surface area contributed by atoms with Gasteiger partial charge in [-0.15, -0.1) is 0 Å². The SMILES string of the molecule is Cc1cccc(C)c1NS(=O)(=O)c1ccc(NC(=O)c2cnn(-c3ccccc3F)c2C)cc1. The molecule has 1 amide bonds. The lowest BCUT2D eigenvalue weighted by Crippen LogP contribution is -2.15. The number of nitrogens with one attached hydrogen (secondary N) is 2. The number of carbonyl (C=O) groups excluding carboxylic acids is 1. The average Bonchev–Trinajstić information content (AvgIpc) is 3.18. The fourth-order valence-corrected chi connectivity index (χ4v) is 4.79. The lowest BCUT2D eigenvalue weighted by atomic mass is 10.1. The number of halogens is 1. The number of nitrogens with zero attached hydrogens (tertiary/aromatic N) is 2. The molecule has 0 saturated carbocycles. The van der Waals surface area contributed by atoms with Gasteiger partial charge in [-0.25, -0.2) is 17.5 Å². The van der Waals surface area contributed by atoms with Gasteiger partial charge in [0, 0.05) is 5.69 Å². The Morgan fingerprint density at radius 1 is 0.912 bits per heavy atom. The van der Waals surface area contributed by atoms with E-state index in [1.807, 2.05) is 32.0 Å². The predicted molar refractivity (Wildman–Crippen MR) is 129 cm³/mol. The third-order valence-corrected chi connectivity index (χ3v) is 6.84. The first-order chi connectivity index (χ1) is 16.2. The largest absolute Gasteiger partial charge is 0.322 e. The van der Waals surface area contributed by atoms with Crippen LogP contribution in [0.5, 0.6) is 0 Å². The van der Waals surface area contributed by atoms with Crippen molar-refractivity contribution < 1.29 is 17.6 Å². The normalized spacial score (nSPS) is 11.3. The number of aryl methyl sites for hydroxylation is 2. The number of amides is 1. The molecule has 0 aliphatic heterocycles. The highest BCUT2D eigenvalue weighted by molar-refractivity contribution is 7.92. The molecule has 0 atom stereocenters. The van der Waals surface area contributed by atoms with Crippen molar-refractivity contribution >= 4 is 27.3 Å². The number of aromatic nitrogens is 2. The Morgan fingerprint density at radius 3 is 2.21 bits per heavy atom. The van der Waals surface area contributed by atoms with Crippen LogP contribution in [0.2, 0.25) is 0 Å². The van der Waals surface area contributed by atoms with Crippen LogP contribution in [0, 0.1) is 26.6 Å². The Kier molecular flexibility index (Phi) is 6.21. The van der Waals surface area contributed by atoms with E-state index in [2.05, 4.69) is 15.1 Å². The molecule has 0 spiro atoms. The van der Waals surface area contributed by atoms with E-state index in [-0.39, 0.29) is 16.1 Å². The minimum Gasteiger partial charge on any atom is -0.322 e. The molecule has 0 fully saturated rings. The first kappa shape index (κ1) is 23.2. The van der Waals surface area contributed by atoms with E-state index in [1.165, 1.54) is 41.2 Å². The number of sulfonamides is 1. The molecular weight excluding hydrogens is 455 g/mol. The summed E-state index contributed by atoms with van der Waals surface area (Å²) in [7, 11) is -3.81. The van der Waals surface area contributed by atoms with Crippen LogP contribution in [0.3, 0.4) is 0 Å². The molecule has 0 aliphatic carbocycles. The second kappa shape index (κ2) is 9.11. The Bertz CT molecular complexity index is 1460. The Morgan fingerprint density at radius 2 is 1.56 bits per heavy atom. The van der Waals surface area contributed by atoms with Gasteiger partial charge >= 0.3 is 0 Å². The van der Waals surface area contributed by atoms with Crippen LogP contribution in [0.15, 0.2) is 77.8 Å². The van der Waals surface area contributed by atoms with Gasteiger partial charge in [0.15, 0.2) is 0 Å². The van der Waals surface area contributed by atoms with Crippen LogP contribution in [-0.4, -0.2) is 24.1 Å². The molecule has 174 valence electrons. The fraction of sp³-hybridized carbons (Fsp3) is 0.120. The zero-order valence-corrected chi connectivity index (χ0v) is 19.7. The summed E-state index contributed by atoms with van der Waals surface area (Å²) in [6, 6.07) is 17.5. The topological polar surface area (TPSA) is 93.1 Å². The van der Waals surface area contributed by atoms with Crippen molar-refractivity contribution in [2.45, 2.75) is 25.7 Å². The second-order valence-electron chi connectivity index (χ2n) is 7.86. The minimum absolute atomic E-state index is 0.0664. The van der Waals surface area contributed by atoms with Crippen molar-refractivity contribution in [1.29, 1.82) is 0 Å². The van der Waals surface area contributed by atoms with Gasteiger partial charge in [0.2, 0.25) is 0 Å². The highest BCUT2D eigenvalue weighted by Gasteiger charge is 2.19. The summed E-state index contributed by atoms with van der Waals surface area (Å²) < 4.78 is 43.8. The summed E-state index contributed by atoms with van der Waals surface area (Å²) in [5, 5.41) is 6.86. The van der Waals surface area contributed by atoms with E-state index < -0.39 is 21.7 Å². The number of para-hydroxylation sites is 2. The molecule has 9 heteroatoms. The standard InChI is InChI=1S/C25H23FN4O3S/c1-16-7-6-8-17(2)24(16)29-34(32,33)20-13-11-19(12-14-20)28-25(31)21-15-27-30(18(21)3)23-10-5-4-9-22(23)26/h4-15,29H,1-3H3,(H,28,31). The summed E-state index contributed by atoms with van der Waals surface area (Å²) >= 11 is 0. The maximum atomic E-state index is 14.1. The maximum absolute atomic E-state index is 14.1. The van der Waals surface area contributed by atoms with Gasteiger partial charge in [-0.3, -0.25) is 9.52 Å². The maximum Gasteiger partial charge on any atom is 0.261 e. The lowest BCUT2D eigenvalue weighted by molar-refractivity contribution is 0.102. The smallest absolute Gasteiger partial charge is 0.261 e. The molecule has 3 aromatic carbocycles. The fourth-order valence-electron chi connectivity index (χ4n) is 3.58. The van der Waals surface area contributed by atoms with Crippen LogP contribution in [0.1, 0.15) is 27.2 Å². The van der Waals surface area contributed by atoms with Crippen molar-refractivity contribution in [2.24, 2.45) is 0 Å². The van der Waals surface area contributed by atoms with E-state index >= 15 is 0 Å². The third kappa shape index (κ3) is 4.55. The quantitative estimate of drug-likeness (QED) is 0.408. The molecule has 34 heavy (non-hydrogen) atoms. The molecule has 0 unspecified atom stereocenters. The predicted octanol–water partition coefficient (Wildman–Crippen LogP) is 4.99. The van der Waals surface area contributed by atoms with E-state index in [0.29, 0.717) is 17.1 Å². The average molecular weight is 479 g/mol.